The highest BCUT2D eigenvalue weighted by Gasteiger charge is 2.53. The SMILES string of the molecule is CNC(=O)Nc1ccc2c(c1)CC[C@@]21OCC(=O)N(CC=O)C1=O. The molecule has 8 heteroatoms. The molecule has 0 bridgehead atoms. The quantitative estimate of drug-likeness (QED) is 0.606. The Labute approximate surface area is 138 Å². The molecule has 126 valence electrons. The molecule has 2 aliphatic rings. The number of rotatable bonds is 3. The van der Waals surface area contributed by atoms with Crippen molar-refractivity contribution in [2.24, 2.45) is 0 Å². The van der Waals surface area contributed by atoms with E-state index in [1.807, 2.05) is 0 Å². The topological polar surface area (TPSA) is 105 Å². The number of aryl methyl sites for hydroxylation is 1. The number of nitrogens with one attached hydrogen (secondary N) is 2. The average molecular weight is 331 g/mol. The van der Waals surface area contributed by atoms with E-state index in [2.05, 4.69) is 10.6 Å². The highest BCUT2D eigenvalue weighted by atomic mass is 16.5. The van der Waals surface area contributed by atoms with Gasteiger partial charge in [-0.05, 0) is 36.1 Å². The van der Waals surface area contributed by atoms with Crippen molar-refractivity contribution < 1.29 is 23.9 Å². The van der Waals surface area contributed by atoms with E-state index >= 15 is 0 Å². The van der Waals surface area contributed by atoms with E-state index in [-0.39, 0.29) is 19.2 Å². The number of carbonyl (C=O) groups is 4. The number of morpholine rings is 1. The van der Waals surface area contributed by atoms with Crippen LogP contribution in [0.25, 0.3) is 0 Å². The molecule has 1 aliphatic heterocycles. The van der Waals surface area contributed by atoms with Crippen LogP contribution in [0.2, 0.25) is 0 Å². The number of fused-ring (bicyclic) bond motifs is 2. The lowest BCUT2D eigenvalue weighted by Crippen LogP contribution is -2.57. The number of hydrogen-bond donors (Lipinski definition) is 2. The molecule has 3 rings (SSSR count). The molecule has 2 N–H and O–H groups in total. The summed E-state index contributed by atoms with van der Waals surface area (Å²) in [7, 11) is 1.52. The number of amides is 4. The van der Waals surface area contributed by atoms with Crippen LogP contribution in [0.1, 0.15) is 17.5 Å². The lowest BCUT2D eigenvalue weighted by Gasteiger charge is -2.37. The Hall–Kier alpha value is -2.74. The number of urea groups is 1. The number of imide groups is 1. The predicted octanol–water partition coefficient (Wildman–Crippen LogP) is 0.164. The largest absolute Gasteiger partial charge is 0.350 e. The second kappa shape index (κ2) is 6.04. The second-order valence-corrected chi connectivity index (χ2v) is 5.67. The van der Waals surface area contributed by atoms with Gasteiger partial charge in [0.25, 0.3) is 11.8 Å². The maximum absolute atomic E-state index is 12.8. The fourth-order valence-electron chi connectivity index (χ4n) is 3.20. The number of aldehydes is 1. The van der Waals surface area contributed by atoms with Gasteiger partial charge in [0.2, 0.25) is 0 Å². The van der Waals surface area contributed by atoms with E-state index in [4.69, 9.17) is 4.74 Å². The minimum absolute atomic E-state index is 0.239. The Morgan fingerprint density at radius 2 is 2.21 bits per heavy atom. The highest BCUT2D eigenvalue weighted by Crippen LogP contribution is 2.44. The first kappa shape index (κ1) is 16.1. The first-order valence-electron chi connectivity index (χ1n) is 7.56. The summed E-state index contributed by atoms with van der Waals surface area (Å²) in [6.07, 6.45) is 1.50. The molecule has 1 fully saturated rings. The van der Waals surface area contributed by atoms with E-state index in [9.17, 15) is 19.2 Å². The van der Waals surface area contributed by atoms with E-state index in [0.717, 1.165) is 10.5 Å². The molecule has 1 aromatic rings. The zero-order valence-corrected chi connectivity index (χ0v) is 13.1. The maximum atomic E-state index is 12.8. The van der Waals surface area contributed by atoms with E-state index < -0.39 is 17.4 Å². The molecule has 1 heterocycles. The van der Waals surface area contributed by atoms with E-state index in [1.54, 1.807) is 18.2 Å². The lowest BCUT2D eigenvalue weighted by molar-refractivity contribution is -0.182. The van der Waals surface area contributed by atoms with Crippen molar-refractivity contribution in [1.82, 2.24) is 10.2 Å². The number of hydrogen-bond acceptors (Lipinski definition) is 5. The van der Waals surface area contributed by atoms with Gasteiger partial charge in [-0.25, -0.2) is 4.79 Å². The Morgan fingerprint density at radius 1 is 1.42 bits per heavy atom. The van der Waals surface area contributed by atoms with Gasteiger partial charge >= 0.3 is 6.03 Å². The molecule has 0 unspecified atom stereocenters. The third-order valence-electron chi connectivity index (χ3n) is 4.36. The molecule has 4 amide bonds. The van der Waals surface area contributed by atoms with Crippen molar-refractivity contribution in [3.8, 4) is 0 Å². The number of nitrogens with zero attached hydrogens (tertiary/aromatic N) is 1. The van der Waals surface area contributed by atoms with Crippen LogP contribution < -0.4 is 10.6 Å². The summed E-state index contributed by atoms with van der Waals surface area (Å²) in [6, 6.07) is 4.85. The van der Waals surface area contributed by atoms with Crippen molar-refractivity contribution in [3.05, 3.63) is 29.3 Å². The molecule has 1 aromatic carbocycles. The van der Waals surface area contributed by atoms with Crippen molar-refractivity contribution in [1.29, 1.82) is 0 Å². The summed E-state index contributed by atoms with van der Waals surface area (Å²) in [4.78, 5) is 47.7. The lowest BCUT2D eigenvalue weighted by atomic mass is 9.92. The summed E-state index contributed by atoms with van der Waals surface area (Å²) in [5.41, 5.74) is 0.933. The van der Waals surface area contributed by atoms with Crippen LogP contribution in [0, 0.1) is 0 Å². The van der Waals surface area contributed by atoms with Gasteiger partial charge in [0.15, 0.2) is 5.60 Å². The van der Waals surface area contributed by atoms with Crippen molar-refractivity contribution in [2.45, 2.75) is 18.4 Å². The molecule has 0 aromatic heterocycles. The standard InChI is InChI=1S/C16H17N3O5/c1-17-15(23)18-11-2-3-12-10(8-11)4-5-16(12)14(22)19(6-7-20)13(21)9-24-16/h2-3,7-8H,4-6,9H2,1H3,(H2,17,18,23)/t16-/m1/s1. The Kier molecular flexibility index (Phi) is 4.06. The number of ether oxygens (including phenoxy) is 1. The molecule has 0 radical (unpaired) electrons. The van der Waals surface area contributed by atoms with Gasteiger partial charge in [-0.2, -0.15) is 0 Å². The van der Waals surface area contributed by atoms with Gasteiger partial charge in [0, 0.05) is 12.7 Å². The normalized spacial score (nSPS) is 22.5. The van der Waals surface area contributed by atoms with Crippen molar-refractivity contribution in [3.63, 3.8) is 0 Å². The highest BCUT2D eigenvalue weighted by molar-refractivity contribution is 6.04. The number of carbonyl (C=O) groups excluding carboxylic acids is 4. The zero-order valence-electron chi connectivity index (χ0n) is 13.1. The van der Waals surface area contributed by atoms with Crippen LogP contribution in [0.4, 0.5) is 10.5 Å². The summed E-state index contributed by atoms with van der Waals surface area (Å²) in [5, 5.41) is 5.14. The summed E-state index contributed by atoms with van der Waals surface area (Å²) >= 11 is 0. The molecule has 1 atom stereocenters. The Balaban J connectivity index is 1.93. The van der Waals surface area contributed by atoms with Gasteiger partial charge in [-0.3, -0.25) is 14.5 Å². The third kappa shape index (κ3) is 2.44. The molecule has 1 saturated heterocycles. The van der Waals surface area contributed by atoms with Crippen LogP contribution in [0.3, 0.4) is 0 Å². The Bertz CT molecular complexity index is 732. The van der Waals surface area contributed by atoms with Gasteiger partial charge in [-0.1, -0.05) is 6.07 Å². The number of benzene rings is 1. The van der Waals surface area contributed by atoms with Crippen LogP contribution >= 0.6 is 0 Å². The van der Waals surface area contributed by atoms with E-state index in [1.165, 1.54) is 7.05 Å². The molecular weight excluding hydrogens is 314 g/mol. The summed E-state index contributed by atoms with van der Waals surface area (Å²) in [5.74, 6) is -1.01. The van der Waals surface area contributed by atoms with Crippen molar-refractivity contribution in [2.75, 3.05) is 25.5 Å². The van der Waals surface area contributed by atoms with Crippen molar-refractivity contribution >= 4 is 29.8 Å². The molecular formula is C16H17N3O5. The van der Waals surface area contributed by atoms with Crippen LogP contribution in [-0.2, 0) is 31.1 Å². The summed E-state index contributed by atoms with van der Waals surface area (Å²) < 4.78 is 5.64. The minimum Gasteiger partial charge on any atom is -0.350 e. The van der Waals surface area contributed by atoms with Gasteiger partial charge in [0.1, 0.15) is 12.9 Å². The molecule has 1 aliphatic carbocycles. The van der Waals surface area contributed by atoms with Gasteiger partial charge in [0.05, 0.1) is 6.54 Å². The zero-order chi connectivity index (χ0) is 17.3. The summed E-state index contributed by atoms with van der Waals surface area (Å²) in [6.45, 7) is -0.508. The minimum atomic E-state index is -1.22. The average Bonchev–Trinajstić information content (AvgIpc) is 2.94. The molecule has 24 heavy (non-hydrogen) atoms. The van der Waals surface area contributed by atoms with Crippen LogP contribution in [0.5, 0.6) is 0 Å². The van der Waals surface area contributed by atoms with Crippen LogP contribution in [0.15, 0.2) is 18.2 Å². The number of anilines is 1. The second-order valence-electron chi connectivity index (χ2n) is 5.67. The first-order chi connectivity index (χ1) is 11.5. The fraction of sp³-hybridized carbons (Fsp3) is 0.375. The molecule has 1 spiro atoms. The monoisotopic (exact) mass is 331 g/mol. The fourth-order valence-corrected chi connectivity index (χ4v) is 3.20. The predicted molar refractivity (Wildman–Crippen MR) is 83.3 cm³/mol. The first-order valence-corrected chi connectivity index (χ1v) is 7.56. The van der Waals surface area contributed by atoms with Gasteiger partial charge < -0.3 is 20.2 Å². The Morgan fingerprint density at radius 3 is 2.92 bits per heavy atom. The van der Waals surface area contributed by atoms with Gasteiger partial charge in [-0.15, -0.1) is 0 Å². The van der Waals surface area contributed by atoms with E-state index in [0.29, 0.717) is 30.4 Å². The smallest absolute Gasteiger partial charge is 0.318 e. The third-order valence-corrected chi connectivity index (χ3v) is 4.36. The molecule has 0 saturated carbocycles. The maximum Gasteiger partial charge on any atom is 0.318 e. The molecule has 8 nitrogen and oxygen atoms in total. The van der Waals surface area contributed by atoms with Crippen LogP contribution in [-0.4, -0.2) is 49.2 Å².